The van der Waals surface area contributed by atoms with E-state index >= 15 is 0 Å². The van der Waals surface area contributed by atoms with Gasteiger partial charge in [0.2, 0.25) is 0 Å². The summed E-state index contributed by atoms with van der Waals surface area (Å²) in [5, 5.41) is 9.07. The number of benzene rings is 1. The molecule has 3 fully saturated rings. The first-order valence-electron chi connectivity index (χ1n) is 14.1. The van der Waals surface area contributed by atoms with E-state index in [4.69, 9.17) is 14.5 Å². The fourth-order valence-electron chi connectivity index (χ4n) is 6.53. The van der Waals surface area contributed by atoms with Gasteiger partial charge in [0.1, 0.15) is 17.7 Å². The van der Waals surface area contributed by atoms with E-state index in [2.05, 4.69) is 68.8 Å². The largest absolute Gasteiger partial charge is 0.373 e. The van der Waals surface area contributed by atoms with Crippen molar-refractivity contribution in [2.75, 3.05) is 24.2 Å². The maximum Gasteiger partial charge on any atom is 0.163 e. The number of hydrogen-bond acceptors (Lipinski definition) is 6. The van der Waals surface area contributed by atoms with Crippen molar-refractivity contribution in [3.05, 3.63) is 60.4 Å². The fraction of sp³-hybridized carbons (Fsp3) is 0.484. The maximum absolute atomic E-state index is 6.52. The first-order chi connectivity index (χ1) is 18.5. The molecular formula is C31H37N5O2. The van der Waals surface area contributed by atoms with Crippen LogP contribution < -0.4 is 10.6 Å². The van der Waals surface area contributed by atoms with Crippen molar-refractivity contribution >= 4 is 33.4 Å². The van der Waals surface area contributed by atoms with Crippen LogP contribution in [0, 0.1) is 11.8 Å². The van der Waals surface area contributed by atoms with Gasteiger partial charge >= 0.3 is 0 Å². The van der Waals surface area contributed by atoms with Crippen LogP contribution in [0.1, 0.15) is 51.1 Å². The normalized spacial score (nSPS) is 26.2. The quantitative estimate of drug-likeness (QED) is 0.295. The lowest BCUT2D eigenvalue weighted by atomic mass is 9.95. The molecule has 7 rings (SSSR count). The molecule has 1 saturated heterocycles. The summed E-state index contributed by atoms with van der Waals surface area (Å²) in [4.78, 5) is 9.40. The van der Waals surface area contributed by atoms with Gasteiger partial charge in [-0.2, -0.15) is 0 Å². The molecule has 4 atom stereocenters. The summed E-state index contributed by atoms with van der Waals surface area (Å²) in [5.41, 5.74) is 3.59. The first kappa shape index (κ1) is 23.9. The molecule has 0 unspecified atom stereocenters. The summed E-state index contributed by atoms with van der Waals surface area (Å²) in [7, 11) is 1.92. The summed E-state index contributed by atoms with van der Waals surface area (Å²) in [5.74, 6) is 2.58. The number of aromatic nitrogens is 3. The molecule has 38 heavy (non-hydrogen) atoms. The number of ether oxygens (including phenoxy) is 2. The van der Waals surface area contributed by atoms with E-state index in [1.165, 1.54) is 29.3 Å². The summed E-state index contributed by atoms with van der Waals surface area (Å²) in [6.45, 7) is 5.12. The zero-order valence-electron chi connectivity index (χ0n) is 22.5. The van der Waals surface area contributed by atoms with Crippen LogP contribution in [0.15, 0.2) is 54.9 Å². The molecule has 0 bridgehead atoms. The van der Waals surface area contributed by atoms with E-state index in [-0.39, 0.29) is 18.2 Å². The molecule has 0 radical (unpaired) electrons. The van der Waals surface area contributed by atoms with E-state index in [1.54, 1.807) is 0 Å². The first-order valence-corrected chi connectivity index (χ1v) is 14.1. The van der Waals surface area contributed by atoms with E-state index in [0.29, 0.717) is 5.92 Å². The van der Waals surface area contributed by atoms with Crippen LogP contribution in [0.25, 0.3) is 21.8 Å². The second-order valence-electron chi connectivity index (χ2n) is 11.8. The molecule has 198 valence electrons. The molecule has 3 aromatic heterocycles. The van der Waals surface area contributed by atoms with Gasteiger partial charge in [0.25, 0.3) is 0 Å². The predicted octanol–water partition coefficient (Wildman–Crippen LogP) is 6.16. The third kappa shape index (κ3) is 4.41. The van der Waals surface area contributed by atoms with Gasteiger partial charge in [0.15, 0.2) is 5.79 Å². The van der Waals surface area contributed by atoms with Crippen molar-refractivity contribution in [2.24, 2.45) is 11.8 Å². The second kappa shape index (κ2) is 9.24. The Labute approximate surface area is 223 Å². The van der Waals surface area contributed by atoms with E-state index in [9.17, 15) is 0 Å². The molecule has 4 heterocycles. The number of aryl methyl sites for hydroxylation is 1. The van der Waals surface area contributed by atoms with E-state index in [0.717, 1.165) is 54.3 Å². The Morgan fingerprint density at radius 3 is 2.74 bits per heavy atom. The number of fused-ring (bicyclic) bond motifs is 3. The third-order valence-electron chi connectivity index (χ3n) is 8.62. The molecule has 0 spiro atoms. The monoisotopic (exact) mass is 511 g/mol. The van der Waals surface area contributed by atoms with Crippen molar-refractivity contribution in [1.29, 1.82) is 0 Å². The van der Waals surface area contributed by atoms with Gasteiger partial charge in [-0.3, -0.25) is 0 Å². The molecule has 2 saturated carbocycles. The molecule has 2 aliphatic carbocycles. The Hall–Kier alpha value is -3.16. The summed E-state index contributed by atoms with van der Waals surface area (Å²) < 4.78 is 15.4. The highest BCUT2D eigenvalue weighted by Crippen LogP contribution is 2.49. The van der Waals surface area contributed by atoms with Crippen molar-refractivity contribution in [1.82, 2.24) is 14.5 Å². The van der Waals surface area contributed by atoms with Crippen molar-refractivity contribution in [3.8, 4) is 0 Å². The molecule has 3 aliphatic rings. The van der Waals surface area contributed by atoms with Crippen LogP contribution in [0.5, 0.6) is 0 Å². The number of nitrogens with zero attached hydrogens (tertiary/aromatic N) is 3. The van der Waals surface area contributed by atoms with Crippen LogP contribution in [0.2, 0.25) is 0 Å². The highest BCUT2D eigenvalue weighted by molar-refractivity contribution is 5.90. The van der Waals surface area contributed by atoms with Crippen LogP contribution in [-0.4, -0.2) is 46.1 Å². The molecule has 7 nitrogen and oxygen atoms in total. The van der Waals surface area contributed by atoms with Gasteiger partial charge < -0.3 is 24.7 Å². The van der Waals surface area contributed by atoms with Crippen LogP contribution in [0.3, 0.4) is 0 Å². The number of nitrogens with one attached hydrogen (secondary N) is 2. The standard InChI is InChI=1S/C31H37N5O2/c1-31(2)37-28-22(17-26(29(28)38-31)36-15-13-23-25(36)12-14-33-30(23)32-3)9-7-19-6-8-21-10-11-27(35-24(21)16-19)34-18-20-4-5-20/h6,8,10-16,20,22,26,28-29H,4-5,7,9,17-18H2,1-3H3,(H,32,33)(H,34,35)/t22-,26+,28+,29-/m0/s1. The van der Waals surface area contributed by atoms with Crippen LogP contribution >= 0.6 is 0 Å². The topological polar surface area (TPSA) is 73.2 Å². The average Bonchev–Trinajstić information content (AvgIpc) is 3.45. The molecule has 7 heteroatoms. The maximum atomic E-state index is 6.52. The molecule has 1 aromatic carbocycles. The van der Waals surface area contributed by atoms with Gasteiger partial charge in [0, 0.05) is 36.8 Å². The lowest BCUT2D eigenvalue weighted by Crippen LogP contribution is -2.27. The zero-order chi connectivity index (χ0) is 25.9. The molecule has 0 amide bonds. The Kier molecular flexibility index (Phi) is 5.82. The van der Waals surface area contributed by atoms with Crippen molar-refractivity contribution < 1.29 is 9.47 Å². The highest BCUT2D eigenvalue weighted by Gasteiger charge is 2.54. The smallest absolute Gasteiger partial charge is 0.163 e. The number of anilines is 2. The summed E-state index contributed by atoms with van der Waals surface area (Å²) in [6.07, 6.45) is 9.98. The summed E-state index contributed by atoms with van der Waals surface area (Å²) in [6, 6.07) is 15.5. The third-order valence-corrected chi connectivity index (χ3v) is 8.62. The van der Waals surface area contributed by atoms with Gasteiger partial charge in [-0.05, 0) is 93.7 Å². The highest BCUT2D eigenvalue weighted by atomic mass is 16.8. The second-order valence-corrected chi connectivity index (χ2v) is 11.8. The minimum Gasteiger partial charge on any atom is -0.373 e. The minimum atomic E-state index is -0.566. The van der Waals surface area contributed by atoms with Crippen LogP contribution in [0.4, 0.5) is 11.6 Å². The molecule has 1 aliphatic heterocycles. The van der Waals surface area contributed by atoms with Gasteiger partial charge in [-0.25, -0.2) is 9.97 Å². The van der Waals surface area contributed by atoms with Gasteiger partial charge in [-0.1, -0.05) is 12.1 Å². The van der Waals surface area contributed by atoms with Gasteiger partial charge in [0.05, 0.1) is 23.2 Å². The predicted molar refractivity (Wildman–Crippen MR) is 152 cm³/mol. The van der Waals surface area contributed by atoms with Crippen molar-refractivity contribution in [2.45, 2.75) is 70.0 Å². The van der Waals surface area contributed by atoms with E-state index in [1.807, 2.05) is 27.1 Å². The number of pyridine rings is 2. The Balaban J connectivity index is 1.11. The SMILES string of the molecule is CNc1nccc2c1ccn2[C@@H]1C[C@H](CCc2ccc3ccc(NCC4CC4)nc3c2)[C@H]2OC(C)(C)O[C@H]21. The lowest BCUT2D eigenvalue weighted by molar-refractivity contribution is -0.160. The van der Waals surface area contributed by atoms with E-state index < -0.39 is 5.79 Å². The number of hydrogen-bond donors (Lipinski definition) is 2. The fourth-order valence-corrected chi connectivity index (χ4v) is 6.53. The minimum absolute atomic E-state index is 0.0372. The Morgan fingerprint density at radius 1 is 1.05 bits per heavy atom. The molecule has 4 aromatic rings. The molecular weight excluding hydrogens is 474 g/mol. The zero-order valence-corrected chi connectivity index (χ0v) is 22.5. The van der Waals surface area contributed by atoms with Gasteiger partial charge in [-0.15, -0.1) is 0 Å². The number of rotatable bonds is 8. The van der Waals surface area contributed by atoms with Crippen molar-refractivity contribution in [3.63, 3.8) is 0 Å². The molecule has 2 N–H and O–H groups in total. The summed E-state index contributed by atoms with van der Waals surface area (Å²) >= 11 is 0. The Bertz CT molecular complexity index is 1480. The lowest BCUT2D eigenvalue weighted by Gasteiger charge is -2.25. The Morgan fingerprint density at radius 2 is 1.89 bits per heavy atom. The van der Waals surface area contributed by atoms with Crippen LogP contribution in [-0.2, 0) is 15.9 Å². The average molecular weight is 512 g/mol.